The SMILES string of the molecule is NC(=O)C(CCC1CCCCC1)NC(=O)c1ccc2nc(-c3ccncc3)[nH]c2c1. The number of hydrogen-bond acceptors (Lipinski definition) is 4. The Kier molecular flexibility index (Phi) is 6.07. The predicted octanol–water partition coefficient (Wildman–Crippen LogP) is 3.57. The molecular formula is C23H27N5O2. The topological polar surface area (TPSA) is 114 Å². The van der Waals surface area contributed by atoms with Crippen LogP contribution in [-0.4, -0.2) is 32.8 Å². The molecule has 7 heteroatoms. The number of aromatic nitrogens is 3. The van der Waals surface area contributed by atoms with Crippen LogP contribution in [0.1, 0.15) is 55.3 Å². The molecule has 1 aliphatic rings. The molecule has 1 atom stereocenters. The van der Waals surface area contributed by atoms with Gasteiger partial charge in [0, 0.05) is 23.5 Å². The number of carbonyl (C=O) groups is 2. The van der Waals surface area contributed by atoms with Gasteiger partial charge >= 0.3 is 0 Å². The van der Waals surface area contributed by atoms with Crippen molar-refractivity contribution in [2.75, 3.05) is 0 Å². The number of pyridine rings is 1. The monoisotopic (exact) mass is 405 g/mol. The Morgan fingerprint density at radius 3 is 2.63 bits per heavy atom. The smallest absolute Gasteiger partial charge is 0.252 e. The van der Waals surface area contributed by atoms with E-state index in [4.69, 9.17) is 5.73 Å². The van der Waals surface area contributed by atoms with E-state index in [1.54, 1.807) is 30.6 Å². The van der Waals surface area contributed by atoms with Crippen LogP contribution < -0.4 is 11.1 Å². The Labute approximate surface area is 175 Å². The van der Waals surface area contributed by atoms with E-state index in [2.05, 4.69) is 20.3 Å². The van der Waals surface area contributed by atoms with E-state index in [0.29, 0.717) is 23.7 Å². The third-order valence-electron chi connectivity index (χ3n) is 5.93. The van der Waals surface area contributed by atoms with Crippen LogP contribution in [0, 0.1) is 5.92 Å². The molecule has 0 aliphatic heterocycles. The van der Waals surface area contributed by atoms with Crippen molar-refractivity contribution in [3.05, 3.63) is 48.3 Å². The van der Waals surface area contributed by atoms with Crippen molar-refractivity contribution in [1.29, 1.82) is 0 Å². The third kappa shape index (κ3) is 4.67. The molecule has 0 radical (unpaired) electrons. The number of aromatic amines is 1. The minimum atomic E-state index is -0.649. The van der Waals surface area contributed by atoms with Gasteiger partial charge in [0.05, 0.1) is 11.0 Å². The molecule has 2 amide bonds. The maximum absolute atomic E-state index is 12.8. The van der Waals surface area contributed by atoms with Crippen LogP contribution in [0.2, 0.25) is 0 Å². The van der Waals surface area contributed by atoms with Gasteiger partial charge in [-0.3, -0.25) is 14.6 Å². The Morgan fingerprint density at radius 2 is 1.90 bits per heavy atom. The standard InChI is InChI=1S/C23H27N5O2/c24-21(29)19(8-6-15-4-2-1-3-5-15)28-23(30)17-7-9-18-20(14-17)27-22(26-18)16-10-12-25-13-11-16/h7,9-15,19H,1-6,8H2,(H2,24,29)(H,26,27)(H,28,30). The molecule has 0 saturated heterocycles. The summed E-state index contributed by atoms with van der Waals surface area (Å²) in [5.41, 5.74) is 8.47. The number of primary amides is 1. The summed E-state index contributed by atoms with van der Waals surface area (Å²) in [6, 6.07) is 8.36. The second-order valence-electron chi connectivity index (χ2n) is 8.06. The molecule has 2 heterocycles. The normalized spacial score (nSPS) is 15.7. The number of hydrogen-bond donors (Lipinski definition) is 3. The highest BCUT2D eigenvalue weighted by molar-refractivity contribution is 5.99. The molecule has 0 spiro atoms. The van der Waals surface area contributed by atoms with Crippen molar-refractivity contribution in [1.82, 2.24) is 20.3 Å². The average Bonchev–Trinajstić information content (AvgIpc) is 3.21. The zero-order chi connectivity index (χ0) is 20.9. The first-order valence-corrected chi connectivity index (χ1v) is 10.6. The molecular weight excluding hydrogens is 378 g/mol. The third-order valence-corrected chi connectivity index (χ3v) is 5.93. The molecule has 2 aromatic heterocycles. The molecule has 3 aromatic rings. The van der Waals surface area contributed by atoms with Crippen molar-refractivity contribution >= 4 is 22.8 Å². The number of fused-ring (bicyclic) bond motifs is 1. The fourth-order valence-corrected chi connectivity index (χ4v) is 4.20. The molecule has 4 rings (SSSR count). The number of nitrogens with zero attached hydrogens (tertiary/aromatic N) is 2. The number of imidazole rings is 1. The molecule has 1 saturated carbocycles. The van der Waals surface area contributed by atoms with Crippen molar-refractivity contribution in [2.45, 2.75) is 51.0 Å². The van der Waals surface area contributed by atoms with Gasteiger partial charge < -0.3 is 16.0 Å². The van der Waals surface area contributed by atoms with Gasteiger partial charge in [-0.15, -0.1) is 0 Å². The zero-order valence-corrected chi connectivity index (χ0v) is 16.9. The molecule has 4 N–H and O–H groups in total. The van der Waals surface area contributed by atoms with Crippen LogP contribution in [0.15, 0.2) is 42.7 Å². The van der Waals surface area contributed by atoms with Gasteiger partial charge in [-0.25, -0.2) is 4.98 Å². The number of rotatable bonds is 7. The van der Waals surface area contributed by atoms with Gasteiger partial charge in [-0.05, 0) is 49.1 Å². The first-order valence-electron chi connectivity index (χ1n) is 10.6. The van der Waals surface area contributed by atoms with Gasteiger partial charge in [-0.2, -0.15) is 0 Å². The van der Waals surface area contributed by atoms with E-state index in [9.17, 15) is 9.59 Å². The molecule has 156 valence electrons. The van der Waals surface area contributed by atoms with E-state index in [-0.39, 0.29) is 5.91 Å². The van der Waals surface area contributed by atoms with Crippen molar-refractivity contribution in [3.8, 4) is 11.4 Å². The van der Waals surface area contributed by atoms with Crippen LogP contribution in [0.3, 0.4) is 0 Å². The van der Waals surface area contributed by atoms with E-state index in [1.807, 2.05) is 12.1 Å². The molecule has 1 aliphatic carbocycles. The van der Waals surface area contributed by atoms with Crippen molar-refractivity contribution in [3.63, 3.8) is 0 Å². The number of carbonyl (C=O) groups excluding carboxylic acids is 2. The fourth-order valence-electron chi connectivity index (χ4n) is 4.20. The second-order valence-corrected chi connectivity index (χ2v) is 8.06. The molecule has 1 aromatic carbocycles. The molecule has 7 nitrogen and oxygen atoms in total. The fraction of sp³-hybridized carbons (Fsp3) is 0.391. The second kappa shape index (κ2) is 9.07. The Morgan fingerprint density at radius 1 is 1.13 bits per heavy atom. The summed E-state index contributed by atoms with van der Waals surface area (Å²) in [6.45, 7) is 0. The lowest BCUT2D eigenvalue weighted by molar-refractivity contribution is -0.120. The van der Waals surface area contributed by atoms with Crippen LogP contribution in [0.25, 0.3) is 22.4 Å². The van der Waals surface area contributed by atoms with E-state index < -0.39 is 11.9 Å². The van der Waals surface area contributed by atoms with Gasteiger partial charge in [0.25, 0.3) is 5.91 Å². The van der Waals surface area contributed by atoms with E-state index >= 15 is 0 Å². The quantitative estimate of drug-likeness (QED) is 0.557. The molecule has 0 bridgehead atoms. The maximum atomic E-state index is 12.8. The predicted molar refractivity (Wildman–Crippen MR) is 116 cm³/mol. The van der Waals surface area contributed by atoms with E-state index in [0.717, 1.165) is 23.0 Å². The van der Waals surface area contributed by atoms with E-state index in [1.165, 1.54) is 32.1 Å². The minimum Gasteiger partial charge on any atom is -0.368 e. The summed E-state index contributed by atoms with van der Waals surface area (Å²) >= 11 is 0. The van der Waals surface area contributed by atoms with Crippen LogP contribution >= 0.6 is 0 Å². The number of amides is 2. The highest BCUT2D eigenvalue weighted by atomic mass is 16.2. The van der Waals surface area contributed by atoms with Crippen molar-refractivity contribution < 1.29 is 9.59 Å². The van der Waals surface area contributed by atoms with Gasteiger partial charge in [0.2, 0.25) is 5.91 Å². The van der Waals surface area contributed by atoms with Crippen LogP contribution in [0.4, 0.5) is 0 Å². The zero-order valence-electron chi connectivity index (χ0n) is 16.9. The summed E-state index contributed by atoms with van der Waals surface area (Å²) < 4.78 is 0. The lowest BCUT2D eigenvalue weighted by atomic mass is 9.85. The highest BCUT2D eigenvalue weighted by Gasteiger charge is 2.22. The number of nitrogens with two attached hydrogens (primary N) is 1. The summed E-state index contributed by atoms with van der Waals surface area (Å²) in [5.74, 6) is 0.559. The van der Waals surface area contributed by atoms with Crippen LogP contribution in [0.5, 0.6) is 0 Å². The first-order chi connectivity index (χ1) is 14.6. The molecule has 1 fully saturated rings. The lowest BCUT2D eigenvalue weighted by Gasteiger charge is -2.23. The first kappa shape index (κ1) is 20.1. The summed E-state index contributed by atoms with van der Waals surface area (Å²) in [6.07, 6.45) is 11.1. The Bertz CT molecular complexity index is 1020. The lowest BCUT2D eigenvalue weighted by Crippen LogP contribution is -2.44. The minimum absolute atomic E-state index is 0.301. The number of nitrogens with one attached hydrogen (secondary N) is 2. The highest BCUT2D eigenvalue weighted by Crippen LogP contribution is 2.28. The van der Waals surface area contributed by atoms with Crippen molar-refractivity contribution in [2.24, 2.45) is 11.7 Å². The molecule has 30 heavy (non-hydrogen) atoms. The summed E-state index contributed by atoms with van der Waals surface area (Å²) in [4.78, 5) is 36.5. The van der Waals surface area contributed by atoms with Gasteiger partial charge in [0.1, 0.15) is 11.9 Å². The number of benzene rings is 1. The Balaban J connectivity index is 1.45. The summed E-state index contributed by atoms with van der Waals surface area (Å²) in [5, 5.41) is 2.82. The number of H-pyrrole nitrogens is 1. The largest absolute Gasteiger partial charge is 0.368 e. The maximum Gasteiger partial charge on any atom is 0.252 e. The average molecular weight is 406 g/mol. The van der Waals surface area contributed by atoms with Gasteiger partial charge in [0.15, 0.2) is 0 Å². The summed E-state index contributed by atoms with van der Waals surface area (Å²) in [7, 11) is 0. The Hall–Kier alpha value is -3.22. The molecule has 1 unspecified atom stereocenters. The van der Waals surface area contributed by atoms with Crippen LogP contribution in [-0.2, 0) is 4.79 Å². The van der Waals surface area contributed by atoms with Gasteiger partial charge in [-0.1, -0.05) is 32.1 Å².